The van der Waals surface area contributed by atoms with Gasteiger partial charge in [0.1, 0.15) is 5.58 Å². The summed E-state index contributed by atoms with van der Waals surface area (Å²) in [4.78, 5) is 11.6. The molecule has 0 radical (unpaired) electrons. The van der Waals surface area contributed by atoms with Gasteiger partial charge in [0, 0.05) is 17.5 Å². The van der Waals surface area contributed by atoms with E-state index in [-0.39, 0.29) is 22.8 Å². The molecule has 0 fully saturated rings. The van der Waals surface area contributed by atoms with Crippen LogP contribution in [0.15, 0.2) is 149 Å². The fourth-order valence-corrected chi connectivity index (χ4v) is 14.3. The minimum absolute atomic E-state index is 0.0693. The molecule has 0 bridgehead atoms. The molecule has 0 aliphatic carbocycles. The summed E-state index contributed by atoms with van der Waals surface area (Å²) in [6, 6.07) is 44.4. The van der Waals surface area contributed by atoms with Crippen LogP contribution in [0.2, 0.25) is 0 Å². The Morgan fingerprint density at radius 2 is 1.23 bits per heavy atom. The van der Waals surface area contributed by atoms with Crippen LogP contribution in [-0.2, 0) is 16.8 Å². The molecule has 0 atom stereocenters. The number of halogens is 1. The maximum absolute atomic E-state index is 12.9. The average molecular weight is 732 g/mol. The summed E-state index contributed by atoms with van der Waals surface area (Å²) >= 11 is 4.49. The topological polar surface area (TPSA) is 92.0 Å². The molecule has 7 nitrogen and oxygen atoms in total. The van der Waals surface area contributed by atoms with Gasteiger partial charge in [0.2, 0.25) is 0 Å². The van der Waals surface area contributed by atoms with E-state index < -0.39 is 21.3 Å². The van der Waals surface area contributed by atoms with Crippen LogP contribution in [0.25, 0.3) is 11.0 Å². The van der Waals surface area contributed by atoms with Gasteiger partial charge in [-0.3, -0.25) is 0 Å². The molecule has 6 aromatic rings. The first-order chi connectivity index (χ1) is 22.7. The second-order valence-corrected chi connectivity index (χ2v) is 21.2. The first kappa shape index (κ1) is 32.5. The van der Waals surface area contributed by atoms with Gasteiger partial charge in [-0.1, -0.05) is 0 Å². The Hall–Kier alpha value is -4.43. The Labute approximate surface area is 281 Å². The molecule has 0 spiro atoms. The predicted octanol–water partition coefficient (Wildman–Crippen LogP) is 7.28. The molecule has 10 heteroatoms. The molecule has 5 aromatic carbocycles. The second kappa shape index (κ2) is 13.4. The van der Waals surface area contributed by atoms with Crippen LogP contribution >= 0.6 is 20.8 Å². The Balaban J connectivity index is 1.20. The zero-order valence-corrected chi connectivity index (χ0v) is 28.8. The zero-order valence-electron chi connectivity index (χ0n) is 25.5. The summed E-state index contributed by atoms with van der Waals surface area (Å²) in [6.07, 6.45) is 2.51. The first-order valence-electron chi connectivity index (χ1n) is 14.9. The van der Waals surface area contributed by atoms with Crippen molar-refractivity contribution in [1.29, 1.82) is 0 Å². The van der Waals surface area contributed by atoms with Gasteiger partial charge in [0.15, 0.2) is 0 Å². The number of hydrogen-bond acceptors (Lipinski definition) is 7. The van der Waals surface area contributed by atoms with Crippen molar-refractivity contribution in [3.63, 3.8) is 0 Å². The van der Waals surface area contributed by atoms with Gasteiger partial charge in [-0.2, -0.15) is 0 Å². The Morgan fingerprint density at radius 3 is 1.77 bits per heavy atom. The number of fused-ring (bicyclic) bond motifs is 1. The van der Waals surface area contributed by atoms with Gasteiger partial charge in [-0.25, -0.2) is 4.79 Å². The molecule has 47 heavy (non-hydrogen) atoms. The van der Waals surface area contributed by atoms with Crippen LogP contribution in [0.1, 0.15) is 12.0 Å². The van der Waals surface area contributed by atoms with Gasteiger partial charge in [0.05, 0.1) is 7.11 Å². The van der Waals surface area contributed by atoms with E-state index in [1.807, 2.05) is 30.3 Å². The van der Waals surface area contributed by atoms with E-state index in [4.69, 9.17) is 17.5 Å². The van der Waals surface area contributed by atoms with Gasteiger partial charge in [0.25, 0.3) is 0 Å². The van der Waals surface area contributed by atoms with Crippen molar-refractivity contribution in [2.75, 3.05) is 13.3 Å². The fourth-order valence-electron chi connectivity index (χ4n) is 5.89. The molecular weight excluding hydrogens is 699 g/mol. The SMILES string of the molecule is COc1cc2oc(=O)ccc2cc1OS(=O)(=O)Oc1ccc(CCCP(Br)(c2ccccc2)(c2ccccc2)c2ccccc2)cc1. The third-order valence-corrected chi connectivity index (χ3v) is 19.0. The predicted molar refractivity (Wildman–Crippen MR) is 193 cm³/mol. The van der Waals surface area contributed by atoms with Crippen LogP contribution in [0.4, 0.5) is 0 Å². The van der Waals surface area contributed by atoms with Gasteiger partial charge < -0.3 is 9.15 Å². The van der Waals surface area contributed by atoms with Crippen molar-refractivity contribution in [2.24, 2.45) is 0 Å². The molecule has 0 saturated heterocycles. The molecule has 0 amide bonds. The third kappa shape index (κ3) is 6.70. The molecule has 0 aliphatic heterocycles. The fraction of sp³-hybridized carbons (Fsp3) is 0.108. The van der Waals surface area contributed by atoms with Crippen LogP contribution < -0.4 is 34.6 Å². The Morgan fingerprint density at radius 1 is 0.681 bits per heavy atom. The molecule has 0 unspecified atom stereocenters. The Bertz CT molecular complexity index is 2060. The van der Waals surface area contributed by atoms with E-state index >= 15 is 0 Å². The van der Waals surface area contributed by atoms with Crippen molar-refractivity contribution in [1.82, 2.24) is 0 Å². The Kier molecular flexibility index (Phi) is 9.24. The number of ether oxygens (including phenoxy) is 1. The van der Waals surface area contributed by atoms with Gasteiger partial charge in [-0.15, -0.1) is 0 Å². The van der Waals surface area contributed by atoms with Gasteiger partial charge >= 0.3 is 233 Å². The van der Waals surface area contributed by atoms with Crippen molar-refractivity contribution < 1.29 is 25.9 Å². The average Bonchev–Trinajstić information content (AvgIpc) is 3.09. The molecule has 0 N–H and O–H groups in total. The molecule has 6 rings (SSSR count). The van der Waals surface area contributed by atoms with Gasteiger partial charge in [-0.05, 0) is 6.07 Å². The summed E-state index contributed by atoms with van der Waals surface area (Å²) < 4.78 is 46.6. The van der Waals surface area contributed by atoms with E-state index in [1.165, 1.54) is 47.3 Å². The van der Waals surface area contributed by atoms with Crippen LogP contribution in [0, 0.1) is 0 Å². The van der Waals surface area contributed by atoms with E-state index in [9.17, 15) is 13.2 Å². The maximum atomic E-state index is 12.9. The number of benzene rings is 5. The van der Waals surface area contributed by atoms with Crippen molar-refractivity contribution in [3.05, 3.63) is 156 Å². The summed E-state index contributed by atoms with van der Waals surface area (Å²) in [5, 5.41) is 1.20. The van der Waals surface area contributed by atoms with Crippen LogP contribution in [-0.4, -0.2) is 21.7 Å². The molecule has 0 aliphatic rings. The van der Waals surface area contributed by atoms with Crippen molar-refractivity contribution in [3.8, 4) is 17.2 Å². The van der Waals surface area contributed by atoms with Crippen LogP contribution in [0.5, 0.6) is 17.2 Å². The number of methoxy groups -OCH3 is 1. The molecule has 240 valence electrons. The monoisotopic (exact) mass is 730 g/mol. The number of rotatable bonds is 12. The zero-order chi connectivity index (χ0) is 32.9. The normalized spacial score (nSPS) is 12.6. The molecule has 1 aromatic heterocycles. The quantitative estimate of drug-likeness (QED) is 0.0966. The summed E-state index contributed by atoms with van der Waals surface area (Å²) in [5.74, 6) is 0.0779. The van der Waals surface area contributed by atoms with E-state index in [1.54, 1.807) is 12.1 Å². The molecular formula is C37H32BrO7PS. The van der Waals surface area contributed by atoms with Crippen molar-refractivity contribution in [2.45, 2.75) is 12.8 Å². The number of aryl methyl sites for hydroxylation is 1. The summed E-state index contributed by atoms with van der Waals surface area (Å²) in [6.45, 7) is 0. The number of hydrogen-bond donors (Lipinski definition) is 0. The summed E-state index contributed by atoms with van der Waals surface area (Å²) in [7, 11) is -3.17. The minimum atomic E-state index is -4.52. The van der Waals surface area contributed by atoms with E-state index in [0.717, 1.165) is 24.6 Å². The van der Waals surface area contributed by atoms with E-state index in [0.29, 0.717) is 5.39 Å². The molecule has 0 saturated carbocycles. The second-order valence-electron chi connectivity index (χ2n) is 11.0. The molecule has 1 heterocycles. The van der Waals surface area contributed by atoms with E-state index in [2.05, 4.69) is 88.3 Å². The van der Waals surface area contributed by atoms with Crippen molar-refractivity contribution >= 4 is 58.1 Å². The standard InChI is InChI=1S/C37H32BrO7PS/c1-42-35-27-34-29(21-24-37(39)43-34)26-36(35)45-47(40,41)44-30-22-19-28(20-23-30)12-11-25-46(38,31-13-5-2-6-14-31,32-15-7-3-8-16-32)33-17-9-4-10-18-33/h2-10,13-24,26-27H,11-12,25H2,1H3. The first-order valence-corrected chi connectivity index (χ1v) is 20.7. The third-order valence-electron chi connectivity index (χ3n) is 8.15. The van der Waals surface area contributed by atoms with Crippen LogP contribution in [0.3, 0.4) is 0 Å². The summed E-state index contributed by atoms with van der Waals surface area (Å²) in [5.41, 5.74) is 0.738.